The molecule has 2 unspecified atom stereocenters. The summed E-state index contributed by atoms with van der Waals surface area (Å²) in [5, 5.41) is 0. The lowest BCUT2D eigenvalue weighted by Crippen LogP contribution is -2.36. The molecule has 0 spiro atoms. The smallest absolute Gasteiger partial charge is 0.320 e. The lowest BCUT2D eigenvalue weighted by molar-refractivity contribution is -0.155. The van der Waals surface area contributed by atoms with E-state index in [2.05, 4.69) is 0 Å². The third kappa shape index (κ3) is 1.50. The first kappa shape index (κ1) is 10.4. The second kappa shape index (κ2) is 3.80. The Morgan fingerprint density at radius 2 is 2.27 bits per heavy atom. The number of allylic oxidation sites excluding steroid dienone is 2. The van der Waals surface area contributed by atoms with Crippen molar-refractivity contribution in [1.82, 2.24) is 0 Å². The molecule has 2 fully saturated rings. The molecule has 2 aliphatic rings. The molecule has 0 bridgehead atoms. The molecule has 15 heavy (non-hydrogen) atoms. The lowest BCUT2D eigenvalue weighted by Gasteiger charge is -2.32. The van der Waals surface area contributed by atoms with Crippen LogP contribution >= 0.6 is 0 Å². The minimum absolute atomic E-state index is 0.185. The fourth-order valence-corrected chi connectivity index (χ4v) is 2.75. The summed E-state index contributed by atoms with van der Waals surface area (Å²) in [4.78, 5) is 23.3. The fourth-order valence-electron chi connectivity index (χ4n) is 2.75. The van der Waals surface area contributed by atoms with Crippen LogP contribution in [0.4, 0.5) is 0 Å². The van der Waals surface area contributed by atoms with E-state index in [-0.39, 0.29) is 17.9 Å². The number of hydrogen-bond acceptors (Lipinski definition) is 3. The van der Waals surface area contributed by atoms with Crippen LogP contribution in [0.1, 0.15) is 39.0 Å². The van der Waals surface area contributed by atoms with Crippen molar-refractivity contribution in [3.8, 4) is 0 Å². The average Bonchev–Trinajstić information content (AvgIpc) is 2.50. The monoisotopic (exact) mass is 208 g/mol. The van der Waals surface area contributed by atoms with Crippen molar-refractivity contribution in [3.63, 3.8) is 0 Å². The van der Waals surface area contributed by atoms with Gasteiger partial charge in [0.1, 0.15) is 0 Å². The number of fused-ring (bicyclic) bond motifs is 1. The molecule has 82 valence electrons. The topological polar surface area (TPSA) is 43.4 Å². The van der Waals surface area contributed by atoms with Gasteiger partial charge in [0, 0.05) is 0 Å². The minimum atomic E-state index is -0.526. The molecule has 3 heteroatoms. The van der Waals surface area contributed by atoms with Crippen LogP contribution < -0.4 is 0 Å². The largest absolute Gasteiger partial charge is 0.392 e. The summed E-state index contributed by atoms with van der Waals surface area (Å²) >= 11 is 0. The van der Waals surface area contributed by atoms with Crippen LogP contribution in [-0.2, 0) is 14.3 Å². The zero-order valence-electron chi connectivity index (χ0n) is 8.99. The molecule has 1 heterocycles. The highest BCUT2D eigenvalue weighted by atomic mass is 16.6. The highest BCUT2D eigenvalue weighted by Crippen LogP contribution is 2.49. The maximum atomic E-state index is 11.8. The minimum Gasteiger partial charge on any atom is -0.392 e. The van der Waals surface area contributed by atoms with E-state index in [1.165, 1.54) is 0 Å². The van der Waals surface area contributed by atoms with Crippen molar-refractivity contribution >= 4 is 11.9 Å². The summed E-state index contributed by atoms with van der Waals surface area (Å²) in [6, 6.07) is 0. The highest BCUT2D eigenvalue weighted by Gasteiger charge is 2.57. The first-order valence-corrected chi connectivity index (χ1v) is 5.58. The molecular formula is C12H16O3. The summed E-state index contributed by atoms with van der Waals surface area (Å²) in [6.45, 7) is 1.93. The van der Waals surface area contributed by atoms with Crippen LogP contribution in [0.15, 0.2) is 12.2 Å². The van der Waals surface area contributed by atoms with E-state index < -0.39 is 5.41 Å². The summed E-state index contributed by atoms with van der Waals surface area (Å²) in [5.74, 6) is -0.783. The second-order valence-electron chi connectivity index (χ2n) is 4.44. The molecule has 0 amide bonds. The van der Waals surface area contributed by atoms with Gasteiger partial charge in [0.2, 0.25) is 0 Å². The number of ether oxygens (including phenoxy) is 1. The normalized spacial score (nSPS) is 35.7. The van der Waals surface area contributed by atoms with Crippen molar-refractivity contribution in [3.05, 3.63) is 12.2 Å². The predicted octanol–water partition coefficient (Wildman–Crippen LogP) is 2.21. The van der Waals surface area contributed by atoms with Crippen molar-refractivity contribution in [2.24, 2.45) is 11.3 Å². The van der Waals surface area contributed by atoms with Gasteiger partial charge in [-0.2, -0.15) is 0 Å². The maximum absolute atomic E-state index is 11.8. The first-order chi connectivity index (χ1) is 7.20. The Labute approximate surface area is 89.5 Å². The van der Waals surface area contributed by atoms with E-state index >= 15 is 0 Å². The van der Waals surface area contributed by atoms with Crippen LogP contribution in [0.2, 0.25) is 0 Å². The molecule has 1 aliphatic carbocycles. The van der Waals surface area contributed by atoms with Gasteiger partial charge >= 0.3 is 11.9 Å². The molecule has 1 saturated carbocycles. The van der Waals surface area contributed by atoms with Crippen LogP contribution in [0, 0.1) is 11.3 Å². The second-order valence-corrected chi connectivity index (χ2v) is 4.44. The highest BCUT2D eigenvalue weighted by molar-refractivity contribution is 5.99. The molecule has 0 N–H and O–H groups in total. The van der Waals surface area contributed by atoms with Crippen molar-refractivity contribution in [2.75, 3.05) is 0 Å². The zero-order chi connectivity index (χ0) is 10.9. The van der Waals surface area contributed by atoms with Gasteiger partial charge in [-0.1, -0.05) is 25.0 Å². The predicted molar refractivity (Wildman–Crippen MR) is 54.9 cm³/mol. The van der Waals surface area contributed by atoms with E-state index in [4.69, 9.17) is 4.74 Å². The fraction of sp³-hybridized carbons (Fsp3) is 0.667. The van der Waals surface area contributed by atoms with Crippen LogP contribution in [0.25, 0.3) is 0 Å². The van der Waals surface area contributed by atoms with Gasteiger partial charge in [0.15, 0.2) is 0 Å². The quantitative estimate of drug-likeness (QED) is 0.397. The third-order valence-corrected chi connectivity index (χ3v) is 3.63. The number of carbonyl (C=O) groups is 2. The number of cyclic esters (lactones) is 2. The summed E-state index contributed by atoms with van der Waals surface area (Å²) < 4.78 is 4.80. The first-order valence-electron chi connectivity index (χ1n) is 5.58. The molecule has 3 nitrogen and oxygen atoms in total. The molecule has 1 saturated heterocycles. The average molecular weight is 208 g/mol. The van der Waals surface area contributed by atoms with E-state index in [1.54, 1.807) is 0 Å². The Bertz CT molecular complexity index is 319. The summed E-state index contributed by atoms with van der Waals surface area (Å²) in [5.41, 5.74) is -0.526. The zero-order valence-corrected chi connectivity index (χ0v) is 8.99. The Balaban J connectivity index is 2.29. The van der Waals surface area contributed by atoms with Crippen molar-refractivity contribution < 1.29 is 14.3 Å². The molecule has 0 aromatic heterocycles. The maximum Gasteiger partial charge on any atom is 0.320 e. The van der Waals surface area contributed by atoms with Crippen molar-refractivity contribution in [1.29, 1.82) is 0 Å². The standard InChI is InChI=1S/C12H16O3/c1-2-3-7-12-8-5-4-6-9(12)10(13)15-11(12)14/h2-3,9H,4-8H2,1H3. The Kier molecular flexibility index (Phi) is 2.63. The molecule has 1 aliphatic heterocycles. The molecular weight excluding hydrogens is 192 g/mol. The number of carbonyl (C=O) groups excluding carboxylic acids is 2. The van der Waals surface area contributed by atoms with E-state index in [0.717, 1.165) is 25.7 Å². The SMILES string of the molecule is CC=CCC12CCCCC1C(=O)OC2=O. The van der Waals surface area contributed by atoms with Crippen molar-refractivity contribution in [2.45, 2.75) is 39.0 Å². The van der Waals surface area contributed by atoms with E-state index in [9.17, 15) is 9.59 Å². The Hall–Kier alpha value is -1.12. The number of hydrogen-bond donors (Lipinski definition) is 0. The Morgan fingerprint density at radius 3 is 3.00 bits per heavy atom. The Morgan fingerprint density at radius 1 is 1.47 bits per heavy atom. The lowest BCUT2D eigenvalue weighted by atomic mass is 9.66. The molecule has 2 rings (SSSR count). The van der Waals surface area contributed by atoms with Crippen LogP contribution in [-0.4, -0.2) is 11.9 Å². The van der Waals surface area contributed by atoms with Gasteiger partial charge in [-0.05, 0) is 26.2 Å². The summed E-state index contributed by atoms with van der Waals surface area (Å²) in [7, 11) is 0. The molecule has 0 aromatic rings. The van der Waals surface area contributed by atoms with Crippen LogP contribution in [0.3, 0.4) is 0 Å². The number of rotatable bonds is 2. The van der Waals surface area contributed by atoms with Crippen LogP contribution in [0.5, 0.6) is 0 Å². The molecule has 0 radical (unpaired) electrons. The van der Waals surface area contributed by atoms with Gasteiger partial charge in [-0.3, -0.25) is 9.59 Å². The number of esters is 2. The molecule has 2 atom stereocenters. The van der Waals surface area contributed by atoms with Gasteiger partial charge in [0.25, 0.3) is 0 Å². The third-order valence-electron chi connectivity index (χ3n) is 3.63. The van der Waals surface area contributed by atoms with Gasteiger partial charge in [-0.25, -0.2) is 0 Å². The van der Waals surface area contributed by atoms with Gasteiger partial charge in [0.05, 0.1) is 11.3 Å². The van der Waals surface area contributed by atoms with E-state index in [1.807, 2.05) is 19.1 Å². The van der Waals surface area contributed by atoms with Gasteiger partial charge < -0.3 is 4.74 Å². The van der Waals surface area contributed by atoms with E-state index in [0.29, 0.717) is 6.42 Å². The molecule has 0 aromatic carbocycles. The summed E-state index contributed by atoms with van der Waals surface area (Å²) in [6.07, 6.45) is 8.21. The van der Waals surface area contributed by atoms with Gasteiger partial charge in [-0.15, -0.1) is 0 Å².